The number of hydrogen-bond acceptors (Lipinski definition) is 15. The standard InChI is InChI=1S/C26H38O4S2.C23H33ClO4S2.C22H34F2O4S2/c1-25-12-10-20-19-11-14-26(28,13-9-17-3-4-17)15-18(19)5-6-21(20)22(25)7-8-23(25)24(27)16-31-32(2,29)30;1-22-9-7-17-16-8-10-23(26,11-12-24)13-15(16)3-4-18(17)19(22)5-6-20(22)21(25)14-29-30(2,27)28;1-21-9-7-15-14-8-10-22(26,20(23)24)11-13(14)3-4-16(15)17(21)5-6-18(21)19(25)12-29-30(2,27)28/h17-23,28H,3-8,10-12,14-16H2,1-2H3;15-20,26H,3-10,13-14H2,1-2H3;13-18,20,26H,3-12H2,1-2H3/t18-,19+,20?,21?,22?,23-,25+,26-;15-,16+,17?,18?,19?,20-,22+,23+;13-,14+,15?,16?,17?,18-,21+,22-/m111/s1. The fourth-order valence-electron chi connectivity index (χ4n) is 24.0. The summed E-state index contributed by atoms with van der Waals surface area (Å²) in [6.07, 6.45) is 28.6. The summed E-state index contributed by atoms with van der Waals surface area (Å²) in [6, 6.07) is 0. The van der Waals surface area contributed by atoms with Gasteiger partial charge >= 0.3 is 0 Å². The van der Waals surface area contributed by atoms with Crippen molar-refractivity contribution in [3.05, 3.63) is 0 Å². The highest BCUT2D eigenvalue weighted by Gasteiger charge is 2.63. The molecule has 0 spiro atoms. The van der Waals surface area contributed by atoms with Crippen LogP contribution >= 0.6 is 44.0 Å². The van der Waals surface area contributed by atoms with Crippen molar-refractivity contribution < 1.29 is 63.7 Å². The topological polar surface area (TPSA) is 214 Å². The molecule has 92 heavy (non-hydrogen) atoms. The molecule has 0 amide bonds. The van der Waals surface area contributed by atoms with Gasteiger partial charge in [0.2, 0.25) is 0 Å². The van der Waals surface area contributed by atoms with E-state index in [1.807, 2.05) is 0 Å². The van der Waals surface area contributed by atoms with Gasteiger partial charge in [-0.3, -0.25) is 14.4 Å². The van der Waals surface area contributed by atoms with Gasteiger partial charge in [-0.05, 0) is 335 Å². The average molecular weight is 1420 g/mol. The van der Waals surface area contributed by atoms with E-state index in [0.29, 0.717) is 95.7 Å². The number of rotatable bonds is 13. The third-order valence-corrected chi connectivity index (χ3v) is 35.7. The molecule has 24 atom stereocenters. The molecule has 13 fully saturated rings. The molecule has 12 nitrogen and oxygen atoms in total. The van der Waals surface area contributed by atoms with Crippen molar-refractivity contribution in [1.82, 2.24) is 0 Å². The molecule has 3 N–H and O–H groups in total. The zero-order chi connectivity index (χ0) is 66.4. The molecule has 13 saturated carbocycles. The smallest absolute Gasteiger partial charge is 0.266 e. The van der Waals surface area contributed by atoms with E-state index in [-0.39, 0.29) is 87.4 Å². The van der Waals surface area contributed by atoms with Gasteiger partial charge in [0.05, 0.1) is 17.3 Å². The number of fused-ring (bicyclic) bond motifs is 15. The Kier molecular flexibility index (Phi) is 21.6. The molecule has 0 aromatic rings. The molecule has 0 saturated heterocycles. The maximum atomic E-state index is 13.4. The number of Topliss-reactive ketones (excluding diaryl/α,β-unsaturated/α-hetero) is 3. The van der Waals surface area contributed by atoms with Gasteiger partial charge < -0.3 is 15.3 Å². The first-order chi connectivity index (χ1) is 43.1. The van der Waals surface area contributed by atoms with Crippen LogP contribution in [-0.4, -0.2) is 117 Å². The van der Waals surface area contributed by atoms with Crippen molar-refractivity contribution in [2.45, 2.75) is 230 Å². The van der Waals surface area contributed by atoms with E-state index in [2.05, 4.69) is 43.9 Å². The molecule has 13 rings (SSSR count). The zero-order valence-corrected chi connectivity index (χ0v) is 60.9. The van der Waals surface area contributed by atoms with Crippen molar-refractivity contribution in [1.29, 1.82) is 0 Å². The Morgan fingerprint density at radius 3 is 1.09 bits per heavy atom. The van der Waals surface area contributed by atoms with Crippen LogP contribution in [0.4, 0.5) is 8.78 Å². The lowest BCUT2D eigenvalue weighted by atomic mass is 9.49. The molecule has 0 bridgehead atoms. The Morgan fingerprint density at radius 2 is 0.761 bits per heavy atom. The second kappa shape index (κ2) is 27.5. The second-order valence-electron chi connectivity index (χ2n) is 33.1. The highest BCUT2D eigenvalue weighted by atomic mass is 35.5. The van der Waals surface area contributed by atoms with E-state index in [9.17, 15) is 63.7 Å². The Labute approximate surface area is 565 Å². The predicted molar refractivity (Wildman–Crippen MR) is 364 cm³/mol. The molecule has 13 aliphatic carbocycles. The first-order valence-electron chi connectivity index (χ1n) is 35.3. The summed E-state index contributed by atoms with van der Waals surface area (Å²) >= 11 is 5.59. The maximum Gasteiger partial charge on any atom is 0.266 e. The third-order valence-electron chi connectivity index (χ3n) is 28.2. The van der Waals surface area contributed by atoms with E-state index in [0.717, 1.165) is 167 Å². The first-order valence-corrected chi connectivity index (χ1v) is 45.9. The monoisotopic (exact) mass is 1410 g/mol. The molecule has 21 heteroatoms. The molecule has 13 aliphatic rings. The van der Waals surface area contributed by atoms with E-state index in [4.69, 9.17) is 11.6 Å². The van der Waals surface area contributed by atoms with Crippen LogP contribution in [0, 0.1) is 152 Å². The number of alkyl halides is 2. The van der Waals surface area contributed by atoms with Gasteiger partial charge in [0.25, 0.3) is 6.43 Å². The summed E-state index contributed by atoms with van der Waals surface area (Å²) in [6.45, 7) is 6.86. The van der Waals surface area contributed by atoms with E-state index in [1.54, 1.807) is 0 Å². The zero-order valence-electron chi connectivity index (χ0n) is 55.3. The molecular formula is C71H105ClF2O12S6. The van der Waals surface area contributed by atoms with Gasteiger partial charge in [-0.2, -0.15) is 0 Å². The van der Waals surface area contributed by atoms with Gasteiger partial charge in [-0.15, -0.1) is 0 Å². The molecule has 0 aromatic heterocycles. The maximum absolute atomic E-state index is 13.4. The van der Waals surface area contributed by atoms with Crippen molar-refractivity contribution in [2.24, 2.45) is 129 Å². The highest BCUT2D eigenvalue weighted by Crippen LogP contribution is 2.68. The Hall–Kier alpha value is -0.940. The summed E-state index contributed by atoms with van der Waals surface area (Å²) in [4.78, 5) is 38.8. The van der Waals surface area contributed by atoms with Crippen LogP contribution in [0.3, 0.4) is 0 Å². The van der Waals surface area contributed by atoms with E-state index >= 15 is 0 Å². The lowest BCUT2D eigenvalue weighted by Gasteiger charge is -2.57. The molecule has 0 heterocycles. The van der Waals surface area contributed by atoms with Crippen LogP contribution in [0.15, 0.2) is 0 Å². The molecule has 0 aromatic carbocycles. The average Bonchev–Trinajstić information content (AvgIpc) is 1.53. The van der Waals surface area contributed by atoms with Crippen molar-refractivity contribution in [3.63, 3.8) is 0 Å². The third kappa shape index (κ3) is 15.2. The number of carbonyl (C=O) groups is 3. The Balaban J connectivity index is 0.000000141. The summed E-state index contributed by atoms with van der Waals surface area (Å²) in [5.41, 5.74) is -3.50. The van der Waals surface area contributed by atoms with Gasteiger partial charge in [-0.25, -0.2) is 34.0 Å². The van der Waals surface area contributed by atoms with Crippen LogP contribution in [-0.2, 0) is 41.0 Å². The van der Waals surface area contributed by atoms with Gasteiger partial charge in [0.15, 0.2) is 26.6 Å². The van der Waals surface area contributed by atoms with Gasteiger partial charge in [0, 0.05) is 47.8 Å². The number of hydrogen-bond donors (Lipinski definition) is 3. The van der Waals surface area contributed by atoms with Crippen LogP contribution < -0.4 is 0 Å². The summed E-state index contributed by atoms with van der Waals surface area (Å²) in [7, 11) is -7.26. The molecule has 0 radical (unpaired) electrons. The molecule has 0 aliphatic heterocycles. The van der Waals surface area contributed by atoms with Crippen LogP contribution in [0.2, 0.25) is 0 Å². The predicted octanol–water partition coefficient (Wildman–Crippen LogP) is 13.6. The molecular weight excluding hydrogens is 1310 g/mol. The Morgan fingerprint density at radius 1 is 0.435 bits per heavy atom. The highest BCUT2D eigenvalue weighted by molar-refractivity contribution is 8.72. The largest absolute Gasteiger partial charge is 0.384 e. The lowest BCUT2D eigenvalue weighted by Crippen LogP contribution is -2.53. The lowest BCUT2D eigenvalue weighted by molar-refractivity contribution is -0.160. The number of carbonyl (C=O) groups excluding carboxylic acids is 3. The second-order valence-corrected chi connectivity index (χ2v) is 46.6. The normalized spacial score (nSPS) is 45.8. The van der Waals surface area contributed by atoms with Crippen molar-refractivity contribution in [3.8, 4) is 23.1 Å². The Bertz CT molecular complexity index is 3260. The van der Waals surface area contributed by atoms with E-state index < -0.39 is 49.8 Å². The quantitative estimate of drug-likeness (QED) is 0.116. The minimum Gasteiger partial charge on any atom is -0.384 e. The number of ketones is 3. The molecule has 518 valence electrons. The number of halogens is 3. The van der Waals surface area contributed by atoms with Gasteiger partial charge in [0.1, 0.15) is 34.2 Å². The van der Waals surface area contributed by atoms with Gasteiger partial charge in [-0.1, -0.05) is 38.5 Å². The van der Waals surface area contributed by atoms with Crippen molar-refractivity contribution in [2.75, 3.05) is 36.0 Å². The summed E-state index contributed by atoms with van der Waals surface area (Å²) < 4.78 is 95.7. The summed E-state index contributed by atoms with van der Waals surface area (Å²) in [5, 5.41) is 34.6. The van der Waals surface area contributed by atoms with Crippen molar-refractivity contribution >= 4 is 87.9 Å². The minimum absolute atomic E-state index is 0.00543. The van der Waals surface area contributed by atoms with Crippen LogP contribution in [0.5, 0.6) is 0 Å². The van der Waals surface area contributed by atoms with E-state index in [1.165, 1.54) is 51.0 Å². The number of aliphatic hydroxyl groups is 3. The first kappa shape index (κ1) is 72.3. The summed E-state index contributed by atoms with van der Waals surface area (Å²) in [5.74, 6) is 19.0. The fraction of sp³-hybridized carbons (Fsp3) is 0.901. The van der Waals surface area contributed by atoms with Crippen LogP contribution in [0.1, 0.15) is 207 Å². The fourth-order valence-corrected chi connectivity index (χ4v) is 28.8. The SMILES string of the molecule is C[C@]12CCC3C(CC[C@@H]4C[C@@](O)(C#CC5CC5)CC[C@H]34)C1CC[C@@H]2C(=O)CSS(C)(=O)=O.C[C@]12CCC3C(CC[C@@H]4C[C@@](O)(C#CCl)CC[C@H]34)C1CC[C@@H]2C(=O)CSS(C)(=O)=O.C[C@]12CCC3C(CC[C@@H]4C[C@@](O)(C(F)F)CC[C@H]34)C1CC[C@@H]2C(=O)CSS(C)(=O)=O. The van der Waals surface area contributed by atoms with Crippen LogP contribution in [0.25, 0.3) is 0 Å². The minimum atomic E-state index is -3.22. The molecule has 9 unspecified atom stereocenters.